The van der Waals surface area contributed by atoms with Crippen molar-refractivity contribution >= 4 is 39.2 Å². The van der Waals surface area contributed by atoms with Crippen LogP contribution < -0.4 is 16.0 Å². The van der Waals surface area contributed by atoms with Crippen molar-refractivity contribution in [2.45, 2.75) is 13.0 Å². The molecule has 1 atom stereocenters. The maximum absolute atomic E-state index is 12.5. The number of thiazole rings is 1. The first kappa shape index (κ1) is 16.9. The molecule has 0 saturated carbocycles. The highest BCUT2D eigenvalue weighted by Gasteiger charge is 2.22. The van der Waals surface area contributed by atoms with Crippen LogP contribution in [-0.2, 0) is 4.79 Å². The molecule has 3 amide bonds. The second kappa shape index (κ2) is 7.31. The van der Waals surface area contributed by atoms with Gasteiger partial charge in [-0.2, -0.15) is 0 Å². The molecule has 0 spiro atoms. The summed E-state index contributed by atoms with van der Waals surface area (Å²) in [7, 11) is 1.47. The van der Waals surface area contributed by atoms with Gasteiger partial charge in [-0.05, 0) is 30.7 Å². The Morgan fingerprint density at radius 1 is 1.12 bits per heavy atom. The minimum atomic E-state index is -0.690. The Labute approximate surface area is 149 Å². The number of fused-ring (bicyclic) bond motifs is 1. The van der Waals surface area contributed by atoms with Gasteiger partial charge in [-0.1, -0.05) is 30.3 Å². The monoisotopic (exact) mass is 354 g/mol. The normalized spacial score (nSPS) is 11.8. The summed E-state index contributed by atoms with van der Waals surface area (Å²) in [4.78, 5) is 28.5. The van der Waals surface area contributed by atoms with Crippen LogP contribution in [0.1, 0.15) is 16.6 Å². The van der Waals surface area contributed by atoms with Gasteiger partial charge >= 0.3 is 6.03 Å². The fourth-order valence-electron chi connectivity index (χ4n) is 2.49. The van der Waals surface area contributed by atoms with Gasteiger partial charge in [0.15, 0.2) is 0 Å². The highest BCUT2D eigenvalue weighted by Crippen LogP contribution is 2.27. The van der Waals surface area contributed by atoms with Crippen LogP contribution in [0.5, 0.6) is 0 Å². The molecule has 2 aromatic carbocycles. The van der Waals surface area contributed by atoms with E-state index >= 15 is 0 Å². The standard InChI is InChI=1S/C18H18N4O2S/c1-11-20-14-9-8-13(10-15(14)25-11)21-16(12-6-4-3-5-7-12)17(23)22-18(24)19-2/h3-10,16,21H,1-2H3,(H2,19,22,23,24)/t16-/m0/s1. The number of benzene rings is 2. The van der Waals surface area contributed by atoms with E-state index in [0.29, 0.717) is 0 Å². The van der Waals surface area contributed by atoms with Crippen molar-refractivity contribution in [2.75, 3.05) is 12.4 Å². The van der Waals surface area contributed by atoms with Crippen LogP contribution in [0.4, 0.5) is 10.5 Å². The van der Waals surface area contributed by atoms with Crippen LogP contribution in [0.25, 0.3) is 10.2 Å². The third-order valence-electron chi connectivity index (χ3n) is 3.67. The first-order valence-corrected chi connectivity index (χ1v) is 8.59. The van der Waals surface area contributed by atoms with Crippen molar-refractivity contribution in [3.63, 3.8) is 0 Å². The number of nitrogens with one attached hydrogen (secondary N) is 3. The van der Waals surface area contributed by atoms with Gasteiger partial charge in [-0.25, -0.2) is 9.78 Å². The lowest BCUT2D eigenvalue weighted by Crippen LogP contribution is -2.42. The molecule has 0 fully saturated rings. The maximum atomic E-state index is 12.5. The van der Waals surface area contributed by atoms with Gasteiger partial charge in [0.1, 0.15) is 6.04 Å². The third kappa shape index (κ3) is 3.95. The molecule has 3 N–H and O–H groups in total. The number of urea groups is 1. The molecule has 1 heterocycles. The third-order valence-corrected chi connectivity index (χ3v) is 4.60. The zero-order chi connectivity index (χ0) is 17.8. The second-order valence-electron chi connectivity index (χ2n) is 5.47. The van der Waals surface area contributed by atoms with E-state index < -0.39 is 18.0 Å². The van der Waals surface area contributed by atoms with Crippen LogP contribution >= 0.6 is 11.3 Å². The number of hydrogen-bond donors (Lipinski definition) is 3. The summed E-state index contributed by atoms with van der Waals surface area (Å²) in [5.41, 5.74) is 2.49. The van der Waals surface area contributed by atoms with E-state index in [9.17, 15) is 9.59 Å². The van der Waals surface area contributed by atoms with Gasteiger partial charge in [0.2, 0.25) is 0 Å². The Bertz CT molecular complexity index is 908. The molecule has 6 nitrogen and oxygen atoms in total. The Hall–Kier alpha value is -2.93. The van der Waals surface area contributed by atoms with Crippen LogP contribution in [0.3, 0.4) is 0 Å². The van der Waals surface area contributed by atoms with E-state index in [1.807, 2.05) is 55.5 Å². The van der Waals surface area contributed by atoms with Crippen LogP contribution in [0.2, 0.25) is 0 Å². The van der Waals surface area contributed by atoms with E-state index in [2.05, 4.69) is 20.9 Å². The van der Waals surface area contributed by atoms with Gasteiger partial charge in [0.25, 0.3) is 5.91 Å². The number of rotatable bonds is 4. The van der Waals surface area contributed by atoms with Crippen molar-refractivity contribution < 1.29 is 9.59 Å². The second-order valence-corrected chi connectivity index (χ2v) is 6.71. The Morgan fingerprint density at radius 2 is 1.88 bits per heavy atom. The highest BCUT2D eigenvalue weighted by molar-refractivity contribution is 7.18. The Kier molecular flexibility index (Phi) is 4.95. The minimum Gasteiger partial charge on any atom is -0.370 e. The van der Waals surface area contributed by atoms with Crippen molar-refractivity contribution in [3.8, 4) is 0 Å². The summed E-state index contributed by atoms with van der Waals surface area (Å²) >= 11 is 1.60. The number of aromatic nitrogens is 1. The molecule has 0 aliphatic carbocycles. The summed E-state index contributed by atoms with van der Waals surface area (Å²) in [5, 5.41) is 8.92. The fraction of sp³-hybridized carbons (Fsp3) is 0.167. The van der Waals surface area contributed by atoms with Crippen LogP contribution in [-0.4, -0.2) is 24.0 Å². The number of carbonyl (C=O) groups excluding carboxylic acids is 2. The fourth-order valence-corrected chi connectivity index (χ4v) is 3.35. The first-order valence-electron chi connectivity index (χ1n) is 7.78. The number of amides is 3. The molecule has 3 rings (SSSR count). The predicted octanol–water partition coefficient (Wildman–Crippen LogP) is 3.21. The number of imide groups is 1. The van der Waals surface area contributed by atoms with Crippen LogP contribution in [0, 0.1) is 6.92 Å². The average Bonchev–Trinajstić information content (AvgIpc) is 2.99. The lowest BCUT2D eigenvalue weighted by atomic mass is 10.1. The number of hydrogen-bond acceptors (Lipinski definition) is 5. The lowest BCUT2D eigenvalue weighted by Gasteiger charge is -2.19. The zero-order valence-corrected chi connectivity index (χ0v) is 14.7. The zero-order valence-electron chi connectivity index (χ0n) is 13.9. The largest absolute Gasteiger partial charge is 0.370 e. The van der Waals surface area contributed by atoms with E-state index in [-0.39, 0.29) is 0 Å². The van der Waals surface area contributed by atoms with E-state index in [0.717, 1.165) is 26.5 Å². The average molecular weight is 354 g/mol. The molecule has 0 bridgehead atoms. The van der Waals surface area contributed by atoms with Gasteiger partial charge < -0.3 is 10.6 Å². The molecule has 3 aromatic rings. The summed E-state index contributed by atoms with van der Waals surface area (Å²) in [6, 6.07) is 13.8. The topological polar surface area (TPSA) is 83.1 Å². The molecule has 0 radical (unpaired) electrons. The van der Waals surface area contributed by atoms with Gasteiger partial charge in [-0.3, -0.25) is 10.1 Å². The molecule has 25 heavy (non-hydrogen) atoms. The number of nitrogens with zero attached hydrogens (tertiary/aromatic N) is 1. The molecular formula is C18H18N4O2S. The van der Waals surface area contributed by atoms with Gasteiger partial charge in [-0.15, -0.1) is 11.3 Å². The molecule has 1 aromatic heterocycles. The highest BCUT2D eigenvalue weighted by atomic mass is 32.1. The first-order chi connectivity index (χ1) is 12.1. The number of carbonyl (C=O) groups is 2. The van der Waals surface area contributed by atoms with Crippen LogP contribution in [0.15, 0.2) is 48.5 Å². The molecule has 0 aliphatic heterocycles. The summed E-state index contributed by atoms with van der Waals surface area (Å²) in [6.07, 6.45) is 0. The van der Waals surface area contributed by atoms with Crippen molar-refractivity contribution in [3.05, 3.63) is 59.1 Å². The lowest BCUT2D eigenvalue weighted by molar-refractivity contribution is -0.120. The summed E-state index contributed by atoms with van der Waals surface area (Å²) in [6.45, 7) is 1.96. The molecule has 0 saturated heterocycles. The van der Waals surface area contributed by atoms with Gasteiger partial charge in [0.05, 0.1) is 15.2 Å². The molecular weight excluding hydrogens is 336 g/mol. The molecule has 0 unspecified atom stereocenters. The van der Waals surface area contributed by atoms with Crippen molar-refractivity contribution in [1.82, 2.24) is 15.6 Å². The SMILES string of the molecule is CNC(=O)NC(=O)[C@@H](Nc1ccc2nc(C)sc2c1)c1ccccc1. The summed E-state index contributed by atoms with van der Waals surface area (Å²) < 4.78 is 1.04. The smallest absolute Gasteiger partial charge is 0.321 e. The molecule has 7 heteroatoms. The quantitative estimate of drug-likeness (QED) is 0.672. The summed E-state index contributed by atoms with van der Waals surface area (Å²) in [5.74, 6) is -0.425. The Morgan fingerprint density at radius 3 is 2.60 bits per heavy atom. The Balaban J connectivity index is 1.90. The molecule has 128 valence electrons. The van der Waals surface area contributed by atoms with E-state index in [1.54, 1.807) is 11.3 Å². The van der Waals surface area contributed by atoms with Crippen molar-refractivity contribution in [1.29, 1.82) is 0 Å². The predicted molar refractivity (Wildman–Crippen MR) is 99.8 cm³/mol. The number of aryl methyl sites for hydroxylation is 1. The maximum Gasteiger partial charge on any atom is 0.321 e. The van der Waals surface area contributed by atoms with Gasteiger partial charge in [0, 0.05) is 12.7 Å². The van der Waals surface area contributed by atoms with E-state index in [4.69, 9.17) is 0 Å². The van der Waals surface area contributed by atoms with E-state index in [1.165, 1.54) is 7.05 Å². The number of anilines is 1. The van der Waals surface area contributed by atoms with Crippen molar-refractivity contribution in [2.24, 2.45) is 0 Å². The minimum absolute atomic E-state index is 0.425. The molecule has 0 aliphatic rings.